The molecule has 4 nitrogen and oxygen atoms in total. The molecule has 0 spiro atoms. The van der Waals surface area contributed by atoms with Gasteiger partial charge in [-0.1, -0.05) is 25.1 Å². The lowest BCUT2D eigenvalue weighted by molar-refractivity contribution is 0.456. The summed E-state index contributed by atoms with van der Waals surface area (Å²) >= 11 is 0. The van der Waals surface area contributed by atoms with Crippen LogP contribution in [0.15, 0.2) is 36.5 Å². The van der Waals surface area contributed by atoms with E-state index in [1.807, 2.05) is 37.3 Å². The molecule has 1 aromatic heterocycles. The first-order valence-corrected chi connectivity index (χ1v) is 5.66. The SMILES string of the molecule is CCc1ccccc1Oc1ncc(N)cc1C#N. The van der Waals surface area contributed by atoms with Crippen molar-refractivity contribution in [1.29, 1.82) is 5.26 Å². The number of nitrogens with two attached hydrogens (primary N) is 1. The zero-order valence-electron chi connectivity index (χ0n) is 10.1. The van der Waals surface area contributed by atoms with Crippen molar-refractivity contribution in [2.24, 2.45) is 0 Å². The molecule has 2 aromatic rings. The number of aryl methyl sites for hydroxylation is 1. The quantitative estimate of drug-likeness (QED) is 0.893. The molecule has 0 fully saturated rings. The molecule has 0 aliphatic rings. The molecule has 0 unspecified atom stereocenters. The van der Waals surface area contributed by atoms with E-state index in [0.717, 1.165) is 12.0 Å². The fourth-order valence-electron chi connectivity index (χ4n) is 1.63. The molecular weight excluding hydrogens is 226 g/mol. The fourth-order valence-corrected chi connectivity index (χ4v) is 1.63. The Balaban J connectivity index is 2.37. The van der Waals surface area contributed by atoms with Crippen molar-refractivity contribution in [1.82, 2.24) is 4.98 Å². The summed E-state index contributed by atoms with van der Waals surface area (Å²) < 4.78 is 5.69. The standard InChI is InChI=1S/C14H13N3O/c1-2-10-5-3-4-6-13(10)18-14-11(8-15)7-12(16)9-17-14/h3-7,9H,2,16H2,1H3. The van der Waals surface area contributed by atoms with Gasteiger partial charge in [-0.05, 0) is 24.1 Å². The van der Waals surface area contributed by atoms with Crippen LogP contribution in [-0.2, 0) is 6.42 Å². The number of ether oxygens (including phenoxy) is 1. The molecule has 4 heteroatoms. The van der Waals surface area contributed by atoms with Crippen LogP contribution in [0.4, 0.5) is 5.69 Å². The predicted octanol–water partition coefficient (Wildman–Crippen LogP) is 2.89. The smallest absolute Gasteiger partial charge is 0.237 e. The molecule has 0 aliphatic carbocycles. The van der Waals surface area contributed by atoms with E-state index in [1.165, 1.54) is 6.20 Å². The number of benzene rings is 1. The number of para-hydroxylation sites is 1. The van der Waals surface area contributed by atoms with Crippen molar-refractivity contribution >= 4 is 5.69 Å². The van der Waals surface area contributed by atoms with Gasteiger partial charge in [0.25, 0.3) is 0 Å². The van der Waals surface area contributed by atoms with Gasteiger partial charge in [0.2, 0.25) is 5.88 Å². The van der Waals surface area contributed by atoms with Gasteiger partial charge in [-0.25, -0.2) is 4.98 Å². The number of aromatic nitrogens is 1. The molecule has 18 heavy (non-hydrogen) atoms. The number of nitriles is 1. The Labute approximate surface area is 106 Å². The maximum atomic E-state index is 9.02. The van der Waals surface area contributed by atoms with Crippen LogP contribution in [0.2, 0.25) is 0 Å². The van der Waals surface area contributed by atoms with Gasteiger partial charge in [0.15, 0.2) is 0 Å². The van der Waals surface area contributed by atoms with Crippen LogP contribution in [-0.4, -0.2) is 4.98 Å². The molecule has 0 amide bonds. The van der Waals surface area contributed by atoms with E-state index in [0.29, 0.717) is 17.0 Å². The first-order valence-electron chi connectivity index (χ1n) is 5.66. The predicted molar refractivity (Wildman–Crippen MR) is 69.3 cm³/mol. The highest BCUT2D eigenvalue weighted by molar-refractivity contribution is 5.50. The Morgan fingerprint density at radius 3 is 2.89 bits per heavy atom. The Hall–Kier alpha value is -2.54. The molecule has 1 aromatic carbocycles. The summed E-state index contributed by atoms with van der Waals surface area (Å²) in [5, 5.41) is 9.02. The van der Waals surface area contributed by atoms with Crippen LogP contribution in [0, 0.1) is 11.3 Å². The largest absolute Gasteiger partial charge is 0.437 e. The topological polar surface area (TPSA) is 71.9 Å². The summed E-state index contributed by atoms with van der Waals surface area (Å²) in [6.07, 6.45) is 2.33. The highest BCUT2D eigenvalue weighted by atomic mass is 16.5. The van der Waals surface area contributed by atoms with E-state index in [9.17, 15) is 0 Å². The second kappa shape index (κ2) is 5.19. The number of hydrogen-bond acceptors (Lipinski definition) is 4. The van der Waals surface area contributed by atoms with Gasteiger partial charge in [-0.2, -0.15) is 5.26 Å². The number of nitrogen functional groups attached to an aromatic ring is 1. The molecule has 0 bridgehead atoms. The van der Waals surface area contributed by atoms with Gasteiger partial charge in [0.1, 0.15) is 17.4 Å². The second-order valence-electron chi connectivity index (χ2n) is 3.80. The molecule has 0 atom stereocenters. The van der Waals surface area contributed by atoms with Gasteiger partial charge in [-0.15, -0.1) is 0 Å². The average Bonchev–Trinajstić information content (AvgIpc) is 2.41. The van der Waals surface area contributed by atoms with Crippen molar-refractivity contribution in [3.63, 3.8) is 0 Å². The van der Waals surface area contributed by atoms with E-state index in [1.54, 1.807) is 6.07 Å². The van der Waals surface area contributed by atoms with Gasteiger partial charge in [0.05, 0.1) is 11.9 Å². The highest BCUT2D eigenvalue weighted by Crippen LogP contribution is 2.27. The van der Waals surface area contributed by atoms with Crippen molar-refractivity contribution in [2.45, 2.75) is 13.3 Å². The normalized spacial score (nSPS) is 9.78. The van der Waals surface area contributed by atoms with E-state index < -0.39 is 0 Å². The maximum absolute atomic E-state index is 9.02. The molecule has 0 saturated carbocycles. The Bertz CT molecular complexity index is 602. The van der Waals surface area contributed by atoms with Crippen molar-refractivity contribution in [3.05, 3.63) is 47.7 Å². The zero-order valence-corrected chi connectivity index (χ0v) is 10.1. The van der Waals surface area contributed by atoms with E-state index in [-0.39, 0.29) is 5.88 Å². The number of pyridine rings is 1. The first kappa shape index (κ1) is 11.9. The number of nitrogens with zero attached hydrogens (tertiary/aromatic N) is 2. The Morgan fingerprint density at radius 2 is 2.17 bits per heavy atom. The minimum atomic E-state index is 0.285. The minimum absolute atomic E-state index is 0.285. The second-order valence-corrected chi connectivity index (χ2v) is 3.80. The van der Waals surface area contributed by atoms with Crippen LogP contribution < -0.4 is 10.5 Å². The first-order chi connectivity index (χ1) is 8.74. The monoisotopic (exact) mass is 239 g/mol. The molecule has 2 N–H and O–H groups in total. The average molecular weight is 239 g/mol. The van der Waals surface area contributed by atoms with Crippen LogP contribution >= 0.6 is 0 Å². The van der Waals surface area contributed by atoms with Crippen molar-refractivity contribution < 1.29 is 4.74 Å². The zero-order chi connectivity index (χ0) is 13.0. The summed E-state index contributed by atoms with van der Waals surface area (Å²) in [6.45, 7) is 2.05. The minimum Gasteiger partial charge on any atom is -0.437 e. The van der Waals surface area contributed by atoms with Gasteiger partial charge >= 0.3 is 0 Å². The number of hydrogen-bond donors (Lipinski definition) is 1. The third-order valence-electron chi connectivity index (χ3n) is 2.55. The van der Waals surface area contributed by atoms with Crippen LogP contribution in [0.1, 0.15) is 18.1 Å². The third-order valence-corrected chi connectivity index (χ3v) is 2.55. The van der Waals surface area contributed by atoms with Gasteiger partial charge < -0.3 is 10.5 Å². The summed E-state index contributed by atoms with van der Waals surface area (Å²) in [6, 6.07) is 11.3. The molecule has 1 heterocycles. The number of rotatable bonds is 3. The lowest BCUT2D eigenvalue weighted by Crippen LogP contribution is -1.96. The Kier molecular flexibility index (Phi) is 3.44. The van der Waals surface area contributed by atoms with E-state index in [2.05, 4.69) is 4.98 Å². The summed E-state index contributed by atoms with van der Waals surface area (Å²) in [7, 11) is 0. The molecule has 0 saturated heterocycles. The molecule has 2 rings (SSSR count). The fraction of sp³-hybridized carbons (Fsp3) is 0.143. The van der Waals surface area contributed by atoms with Crippen molar-refractivity contribution in [2.75, 3.05) is 5.73 Å². The summed E-state index contributed by atoms with van der Waals surface area (Å²) in [4.78, 5) is 4.05. The van der Waals surface area contributed by atoms with Crippen LogP contribution in [0.3, 0.4) is 0 Å². The van der Waals surface area contributed by atoms with Gasteiger partial charge in [-0.3, -0.25) is 0 Å². The van der Waals surface area contributed by atoms with E-state index >= 15 is 0 Å². The summed E-state index contributed by atoms with van der Waals surface area (Å²) in [5.41, 5.74) is 7.43. The lowest BCUT2D eigenvalue weighted by atomic mass is 10.1. The molecule has 90 valence electrons. The van der Waals surface area contributed by atoms with Gasteiger partial charge in [0, 0.05) is 0 Å². The van der Waals surface area contributed by atoms with Crippen molar-refractivity contribution in [3.8, 4) is 17.7 Å². The summed E-state index contributed by atoms with van der Waals surface area (Å²) in [5.74, 6) is 1.00. The number of anilines is 1. The molecular formula is C14H13N3O. The lowest BCUT2D eigenvalue weighted by Gasteiger charge is -2.10. The van der Waals surface area contributed by atoms with E-state index in [4.69, 9.17) is 15.7 Å². The maximum Gasteiger partial charge on any atom is 0.237 e. The Morgan fingerprint density at radius 1 is 1.39 bits per heavy atom. The van der Waals surface area contributed by atoms with Crippen LogP contribution in [0.25, 0.3) is 0 Å². The van der Waals surface area contributed by atoms with Crippen LogP contribution in [0.5, 0.6) is 11.6 Å². The highest BCUT2D eigenvalue weighted by Gasteiger charge is 2.09. The molecule has 0 radical (unpaired) electrons. The molecule has 0 aliphatic heterocycles. The third kappa shape index (κ3) is 2.41.